The Bertz CT molecular complexity index is 1750. The molecule has 184 valence electrons. The first-order chi connectivity index (χ1) is 18.1. The third-order valence-corrected chi connectivity index (χ3v) is 6.05. The summed E-state index contributed by atoms with van der Waals surface area (Å²) in [4.78, 5) is 38.3. The Morgan fingerprint density at radius 3 is 2.84 bits per heavy atom. The fourth-order valence-electron chi connectivity index (χ4n) is 4.19. The maximum absolute atomic E-state index is 12.2. The highest BCUT2D eigenvalue weighted by atomic mass is 16.1. The van der Waals surface area contributed by atoms with E-state index in [9.17, 15) is 4.79 Å². The average Bonchev–Trinajstić information content (AvgIpc) is 3.64. The average molecular weight is 493 g/mol. The number of amides is 1. The molecule has 0 spiro atoms. The van der Waals surface area contributed by atoms with Gasteiger partial charge in [0.1, 0.15) is 17.4 Å². The number of fused-ring (bicyclic) bond motifs is 2. The van der Waals surface area contributed by atoms with E-state index in [0.717, 1.165) is 35.1 Å². The van der Waals surface area contributed by atoms with Gasteiger partial charge in [-0.05, 0) is 37.6 Å². The lowest BCUT2D eigenvalue weighted by Crippen LogP contribution is -2.11. The maximum atomic E-state index is 12.2. The lowest BCUT2D eigenvalue weighted by molar-refractivity contribution is -0.116. The Kier molecular flexibility index (Phi) is 5.64. The van der Waals surface area contributed by atoms with E-state index in [1.54, 1.807) is 24.9 Å². The van der Waals surface area contributed by atoms with Gasteiger partial charge in [-0.25, -0.2) is 19.9 Å². The van der Waals surface area contributed by atoms with Crippen LogP contribution in [0.1, 0.15) is 31.9 Å². The van der Waals surface area contributed by atoms with Crippen LogP contribution in [0.3, 0.4) is 0 Å². The third-order valence-electron chi connectivity index (χ3n) is 6.05. The van der Waals surface area contributed by atoms with Crippen LogP contribution in [0.5, 0.6) is 0 Å². The number of aromatic nitrogens is 9. The molecule has 37 heavy (non-hydrogen) atoms. The number of H-pyrrole nitrogens is 2. The molecule has 6 rings (SSSR count). The van der Waals surface area contributed by atoms with Crippen LogP contribution in [0, 0.1) is 6.92 Å². The molecule has 0 radical (unpaired) electrons. The van der Waals surface area contributed by atoms with Crippen molar-refractivity contribution in [1.82, 2.24) is 44.7 Å². The number of rotatable bonds is 7. The first-order valence-corrected chi connectivity index (χ1v) is 12.1. The van der Waals surface area contributed by atoms with Crippen molar-refractivity contribution in [2.75, 3.05) is 5.32 Å². The number of anilines is 1. The largest absolute Gasteiger partial charge is 0.336 e. The molecule has 3 N–H and O–H groups in total. The van der Waals surface area contributed by atoms with Gasteiger partial charge in [-0.2, -0.15) is 5.10 Å². The van der Waals surface area contributed by atoms with E-state index in [1.165, 1.54) is 0 Å². The van der Waals surface area contributed by atoms with Crippen molar-refractivity contribution < 1.29 is 4.79 Å². The van der Waals surface area contributed by atoms with Crippen molar-refractivity contribution in [1.29, 1.82) is 0 Å². The zero-order valence-electron chi connectivity index (χ0n) is 20.4. The predicted molar refractivity (Wildman–Crippen MR) is 140 cm³/mol. The SMILES string of the molecule is CCCCC(=O)Nc1cncc(-c2ccc3[nH]nc(-c4nc5c(-n6cnc(C)c6)nccc5[nH]4)c3n2)c1. The molecule has 6 aromatic heterocycles. The summed E-state index contributed by atoms with van der Waals surface area (Å²) in [5.74, 6) is 1.23. The van der Waals surface area contributed by atoms with E-state index in [2.05, 4.69) is 42.4 Å². The lowest BCUT2D eigenvalue weighted by Gasteiger charge is -2.07. The molecule has 0 atom stereocenters. The van der Waals surface area contributed by atoms with Crippen LogP contribution in [0.2, 0.25) is 0 Å². The normalized spacial score (nSPS) is 11.4. The fourth-order valence-corrected chi connectivity index (χ4v) is 4.19. The monoisotopic (exact) mass is 492 g/mol. The first kappa shape index (κ1) is 22.5. The molecular weight excluding hydrogens is 468 g/mol. The summed E-state index contributed by atoms with van der Waals surface area (Å²) in [5, 5.41) is 10.5. The zero-order valence-corrected chi connectivity index (χ0v) is 20.4. The van der Waals surface area contributed by atoms with Crippen LogP contribution >= 0.6 is 0 Å². The van der Waals surface area contributed by atoms with Gasteiger partial charge in [0.2, 0.25) is 5.91 Å². The van der Waals surface area contributed by atoms with Crippen molar-refractivity contribution in [3.63, 3.8) is 0 Å². The number of aromatic amines is 2. The molecule has 0 aliphatic heterocycles. The second-order valence-electron chi connectivity index (χ2n) is 8.82. The van der Waals surface area contributed by atoms with Crippen LogP contribution in [-0.2, 0) is 4.79 Å². The Hall–Kier alpha value is -4.93. The van der Waals surface area contributed by atoms with Crippen LogP contribution in [0.4, 0.5) is 5.69 Å². The smallest absolute Gasteiger partial charge is 0.224 e. The minimum atomic E-state index is -0.0223. The molecule has 11 heteroatoms. The fraction of sp³-hybridized carbons (Fsp3) is 0.192. The topological polar surface area (TPSA) is 143 Å². The zero-order chi connectivity index (χ0) is 25.4. The number of carbonyl (C=O) groups is 1. The van der Waals surface area contributed by atoms with Crippen molar-refractivity contribution in [2.45, 2.75) is 33.1 Å². The third kappa shape index (κ3) is 4.31. The van der Waals surface area contributed by atoms with Gasteiger partial charge in [0.25, 0.3) is 0 Å². The number of pyridine rings is 3. The molecule has 0 aliphatic carbocycles. The minimum Gasteiger partial charge on any atom is -0.336 e. The van der Waals surface area contributed by atoms with E-state index < -0.39 is 0 Å². The highest BCUT2D eigenvalue weighted by molar-refractivity contribution is 5.93. The number of imidazole rings is 2. The van der Waals surface area contributed by atoms with Gasteiger partial charge >= 0.3 is 0 Å². The molecule has 0 bridgehead atoms. The van der Waals surface area contributed by atoms with Crippen molar-refractivity contribution >= 4 is 33.7 Å². The van der Waals surface area contributed by atoms with E-state index in [4.69, 9.17) is 9.97 Å². The van der Waals surface area contributed by atoms with E-state index in [0.29, 0.717) is 46.2 Å². The summed E-state index contributed by atoms with van der Waals surface area (Å²) >= 11 is 0. The number of nitrogens with zero attached hydrogens (tertiary/aromatic N) is 7. The first-order valence-electron chi connectivity index (χ1n) is 12.1. The van der Waals surface area contributed by atoms with Crippen molar-refractivity contribution in [2.24, 2.45) is 0 Å². The summed E-state index contributed by atoms with van der Waals surface area (Å²) < 4.78 is 1.85. The number of carbonyl (C=O) groups excluding carboxylic acids is 1. The molecule has 6 aromatic rings. The van der Waals surface area contributed by atoms with Crippen LogP contribution < -0.4 is 5.32 Å². The molecule has 0 saturated heterocycles. The Balaban J connectivity index is 1.37. The summed E-state index contributed by atoms with van der Waals surface area (Å²) in [6.45, 7) is 3.99. The van der Waals surface area contributed by atoms with Crippen LogP contribution in [0.25, 0.3) is 50.7 Å². The minimum absolute atomic E-state index is 0.0223. The molecule has 0 unspecified atom stereocenters. The lowest BCUT2D eigenvalue weighted by atomic mass is 10.1. The van der Waals surface area contributed by atoms with Gasteiger partial charge in [-0.3, -0.25) is 19.4 Å². The molecular formula is C26H24N10O. The number of hydrogen-bond donors (Lipinski definition) is 3. The Morgan fingerprint density at radius 1 is 1.08 bits per heavy atom. The van der Waals surface area contributed by atoms with Gasteiger partial charge in [0.05, 0.1) is 34.3 Å². The summed E-state index contributed by atoms with van der Waals surface area (Å²) in [5.41, 5.74) is 6.60. The van der Waals surface area contributed by atoms with E-state index >= 15 is 0 Å². The molecule has 0 aromatic carbocycles. The summed E-state index contributed by atoms with van der Waals surface area (Å²) in [6.07, 6.45) is 11.0. The van der Waals surface area contributed by atoms with Crippen LogP contribution in [-0.4, -0.2) is 50.6 Å². The van der Waals surface area contributed by atoms with E-state index in [-0.39, 0.29) is 5.91 Å². The molecule has 6 heterocycles. The number of hydrogen-bond acceptors (Lipinski definition) is 7. The van der Waals surface area contributed by atoms with Gasteiger partial charge in [-0.15, -0.1) is 0 Å². The molecule has 0 fully saturated rings. The Labute approximate surface area is 211 Å². The van der Waals surface area contributed by atoms with Crippen molar-refractivity contribution in [3.8, 4) is 28.6 Å². The molecule has 0 saturated carbocycles. The van der Waals surface area contributed by atoms with E-state index in [1.807, 2.05) is 42.0 Å². The second kappa shape index (κ2) is 9.26. The van der Waals surface area contributed by atoms with Crippen LogP contribution in [0.15, 0.2) is 55.4 Å². The van der Waals surface area contributed by atoms with Gasteiger partial charge in [0.15, 0.2) is 17.3 Å². The quantitative estimate of drug-likeness (QED) is 0.296. The van der Waals surface area contributed by atoms with Gasteiger partial charge in [0, 0.05) is 30.6 Å². The Morgan fingerprint density at radius 2 is 2.00 bits per heavy atom. The molecule has 11 nitrogen and oxygen atoms in total. The number of nitrogens with one attached hydrogen (secondary N) is 3. The number of unbranched alkanes of at least 4 members (excludes halogenated alkanes) is 1. The maximum Gasteiger partial charge on any atom is 0.224 e. The van der Waals surface area contributed by atoms with Gasteiger partial charge in [-0.1, -0.05) is 13.3 Å². The highest BCUT2D eigenvalue weighted by Crippen LogP contribution is 2.29. The standard InChI is InChI=1S/C26H24N10O/c1-3-4-5-21(37)30-17-10-16(11-27-12-17)18-6-7-20-22(31-18)24(35-34-20)25-32-19-8-9-28-26(23(19)33-25)36-13-15(2)29-14-36/h6-14H,3-5H2,1-2H3,(H,30,37)(H,32,33)(H,34,35). The molecule has 1 amide bonds. The van der Waals surface area contributed by atoms with Gasteiger partial charge < -0.3 is 10.3 Å². The summed E-state index contributed by atoms with van der Waals surface area (Å²) in [7, 11) is 0. The second-order valence-corrected chi connectivity index (χ2v) is 8.82. The predicted octanol–water partition coefficient (Wildman–Crippen LogP) is 4.58. The highest BCUT2D eigenvalue weighted by Gasteiger charge is 2.17. The summed E-state index contributed by atoms with van der Waals surface area (Å²) in [6, 6.07) is 7.56. The molecule has 0 aliphatic rings. The number of aryl methyl sites for hydroxylation is 1. The van der Waals surface area contributed by atoms with Crippen molar-refractivity contribution in [3.05, 3.63) is 61.1 Å².